The zero-order chi connectivity index (χ0) is 25.2. The van der Waals surface area contributed by atoms with Gasteiger partial charge in [-0.15, -0.1) is 0 Å². The van der Waals surface area contributed by atoms with Crippen LogP contribution in [0.5, 0.6) is 0 Å². The Morgan fingerprint density at radius 1 is 1.33 bits per heavy atom. The van der Waals surface area contributed by atoms with Gasteiger partial charge in [0.2, 0.25) is 5.91 Å². The maximum absolute atomic E-state index is 13.4. The predicted molar refractivity (Wildman–Crippen MR) is 120 cm³/mol. The number of hydrogen-bond donors (Lipinski definition) is 3. The zero-order valence-corrected chi connectivity index (χ0v) is 20.0. The van der Waals surface area contributed by atoms with Gasteiger partial charge in [-0.05, 0) is 59.3 Å². The number of piperidine rings is 1. The van der Waals surface area contributed by atoms with Gasteiger partial charge in [-0.25, -0.2) is 19.7 Å². The van der Waals surface area contributed by atoms with Crippen LogP contribution in [0.25, 0.3) is 0 Å². The topological polar surface area (TPSA) is 178 Å². The molecule has 0 aliphatic carbocycles. The first kappa shape index (κ1) is 27.9. The number of alkyl carbamates (subject to hydrolysis) is 1. The van der Waals surface area contributed by atoms with Crippen LogP contribution in [0.2, 0.25) is 0 Å². The van der Waals surface area contributed by atoms with Crippen molar-refractivity contribution in [1.29, 1.82) is 0 Å². The fraction of sp³-hybridized carbons (Fsp3) is 0.800. The number of nitrogens with two attached hydrogens (primary N) is 1. The van der Waals surface area contributed by atoms with Crippen LogP contribution in [0.4, 0.5) is 4.79 Å². The third kappa shape index (κ3) is 10.4. The quantitative estimate of drug-likeness (QED) is 0.110. The first-order chi connectivity index (χ1) is 15.3. The van der Waals surface area contributed by atoms with E-state index in [1.807, 2.05) is 6.92 Å². The van der Waals surface area contributed by atoms with Crippen LogP contribution in [0, 0.1) is 16.0 Å². The maximum Gasteiger partial charge on any atom is 0.408 e. The lowest BCUT2D eigenvalue weighted by molar-refractivity contribution is -0.485. The Morgan fingerprint density at radius 3 is 2.58 bits per heavy atom. The minimum absolute atomic E-state index is 0.179. The number of hydrazone groups is 1. The van der Waals surface area contributed by atoms with Crippen molar-refractivity contribution < 1.29 is 28.9 Å². The molecule has 0 aromatic heterocycles. The van der Waals surface area contributed by atoms with Gasteiger partial charge in [0.1, 0.15) is 22.8 Å². The summed E-state index contributed by atoms with van der Waals surface area (Å²) in [6, 6.07) is -1.70. The molecule has 1 fully saturated rings. The molecule has 0 saturated carbocycles. The van der Waals surface area contributed by atoms with Crippen molar-refractivity contribution in [2.24, 2.45) is 16.8 Å². The largest absolute Gasteiger partial charge is 0.464 e. The molecule has 0 unspecified atom stereocenters. The van der Waals surface area contributed by atoms with Gasteiger partial charge in [-0.2, -0.15) is 0 Å². The standard InChI is InChI=1S/C20H36N6O7/c1-6-32-17(28)15-12-13(2)9-11-25(15)16(27)14(23-19(29)33-20(3,4)5)8-7-10-22-18(21)24-26(30)31/h13-15H,6-12H2,1-5H3,(H,23,29)(H3,21,22,24)/t13-,14-,15+/m0/s1. The first-order valence-electron chi connectivity index (χ1n) is 11.0. The number of esters is 1. The maximum atomic E-state index is 13.4. The van der Waals surface area contributed by atoms with E-state index in [1.54, 1.807) is 27.7 Å². The van der Waals surface area contributed by atoms with E-state index in [9.17, 15) is 24.5 Å². The number of rotatable bonds is 9. The summed E-state index contributed by atoms with van der Waals surface area (Å²) in [6.07, 6.45) is 0.934. The van der Waals surface area contributed by atoms with Crippen molar-refractivity contribution in [1.82, 2.24) is 15.5 Å². The third-order valence-electron chi connectivity index (χ3n) is 4.86. The van der Waals surface area contributed by atoms with E-state index in [2.05, 4.69) is 15.7 Å². The number of hydrogen-bond acceptors (Lipinski definition) is 7. The molecule has 13 nitrogen and oxygen atoms in total. The molecule has 0 spiro atoms. The molecule has 0 bridgehead atoms. The van der Waals surface area contributed by atoms with E-state index in [0.29, 0.717) is 19.4 Å². The Balaban J connectivity index is 2.94. The number of carbonyl (C=O) groups excluding carboxylic acids is 3. The van der Waals surface area contributed by atoms with Crippen molar-refractivity contribution in [3.63, 3.8) is 0 Å². The van der Waals surface area contributed by atoms with Gasteiger partial charge in [0, 0.05) is 13.1 Å². The van der Waals surface area contributed by atoms with Gasteiger partial charge in [-0.3, -0.25) is 4.79 Å². The highest BCUT2D eigenvalue weighted by atomic mass is 16.7. The molecule has 4 N–H and O–H groups in total. The fourth-order valence-electron chi connectivity index (χ4n) is 3.42. The molecule has 188 valence electrons. The summed E-state index contributed by atoms with van der Waals surface area (Å²) in [7, 11) is 0. The summed E-state index contributed by atoms with van der Waals surface area (Å²) < 4.78 is 10.4. The first-order valence-corrected chi connectivity index (χ1v) is 11.0. The average molecular weight is 473 g/mol. The van der Waals surface area contributed by atoms with Crippen LogP contribution >= 0.6 is 0 Å². The van der Waals surface area contributed by atoms with Gasteiger partial charge < -0.3 is 30.7 Å². The van der Waals surface area contributed by atoms with Crippen LogP contribution in [-0.2, 0) is 19.1 Å². The molecule has 13 heteroatoms. The summed E-state index contributed by atoms with van der Waals surface area (Å²) in [5.74, 6) is -1.01. The van der Waals surface area contributed by atoms with Crippen molar-refractivity contribution in [2.75, 3.05) is 19.7 Å². The second-order valence-corrected chi connectivity index (χ2v) is 8.92. The molecule has 1 aliphatic heterocycles. The van der Waals surface area contributed by atoms with Gasteiger partial charge in [-0.1, -0.05) is 6.92 Å². The number of nitrogens with zero attached hydrogens (tertiary/aromatic N) is 3. The lowest BCUT2D eigenvalue weighted by Gasteiger charge is -2.38. The summed E-state index contributed by atoms with van der Waals surface area (Å²) in [4.78, 5) is 50.1. The van der Waals surface area contributed by atoms with Crippen LogP contribution in [0.1, 0.15) is 60.3 Å². The minimum atomic E-state index is -0.972. The molecule has 0 aromatic rings. The molecule has 1 aliphatic rings. The number of ether oxygens (including phenoxy) is 2. The van der Waals surface area contributed by atoms with Gasteiger partial charge in [0.25, 0.3) is 5.96 Å². The Labute approximate surface area is 193 Å². The Bertz CT molecular complexity index is 737. The number of amides is 2. The smallest absolute Gasteiger partial charge is 0.408 e. The summed E-state index contributed by atoms with van der Waals surface area (Å²) >= 11 is 0. The van der Waals surface area contributed by atoms with Gasteiger partial charge >= 0.3 is 12.1 Å². The lowest BCUT2D eigenvalue weighted by atomic mass is 9.91. The fourth-order valence-corrected chi connectivity index (χ4v) is 3.42. The SMILES string of the molecule is CCOC(=O)[C@H]1C[C@@H](C)CCN1C(=O)[C@H](CCCN/C(N)=N/[N+](=O)[O-])NC(=O)OC(C)(C)C. The number of nitrogens with one attached hydrogen (secondary N) is 2. The molecule has 1 saturated heterocycles. The molecule has 0 radical (unpaired) electrons. The monoisotopic (exact) mass is 472 g/mol. The number of guanidine groups is 1. The second-order valence-electron chi connectivity index (χ2n) is 8.92. The van der Waals surface area contributed by atoms with Gasteiger partial charge in [0.15, 0.2) is 5.03 Å². The normalized spacial score (nSPS) is 19.9. The average Bonchev–Trinajstić information content (AvgIpc) is 2.68. The van der Waals surface area contributed by atoms with E-state index >= 15 is 0 Å². The van der Waals surface area contributed by atoms with Crippen molar-refractivity contribution in [3.05, 3.63) is 10.1 Å². The second kappa shape index (κ2) is 12.8. The molecule has 3 atom stereocenters. The molecular formula is C20H36N6O7. The highest BCUT2D eigenvalue weighted by Gasteiger charge is 2.39. The molecule has 1 heterocycles. The number of carbonyl (C=O) groups is 3. The minimum Gasteiger partial charge on any atom is -0.464 e. The zero-order valence-electron chi connectivity index (χ0n) is 20.0. The Kier molecular flexibility index (Phi) is 10.8. The van der Waals surface area contributed by atoms with E-state index in [4.69, 9.17) is 15.2 Å². The van der Waals surface area contributed by atoms with Crippen molar-refractivity contribution in [3.8, 4) is 0 Å². The van der Waals surface area contributed by atoms with Crippen LogP contribution in [0.15, 0.2) is 5.10 Å². The molecular weight excluding hydrogens is 436 g/mol. The Morgan fingerprint density at radius 2 is 2.00 bits per heavy atom. The summed E-state index contributed by atoms with van der Waals surface area (Å²) in [5.41, 5.74) is 4.63. The highest BCUT2D eigenvalue weighted by Crippen LogP contribution is 2.25. The lowest BCUT2D eigenvalue weighted by Crippen LogP contribution is -2.57. The predicted octanol–water partition coefficient (Wildman–Crippen LogP) is 0.946. The van der Waals surface area contributed by atoms with E-state index in [-0.39, 0.29) is 31.4 Å². The third-order valence-corrected chi connectivity index (χ3v) is 4.86. The van der Waals surface area contributed by atoms with E-state index < -0.39 is 40.7 Å². The molecule has 1 rings (SSSR count). The van der Waals surface area contributed by atoms with Crippen LogP contribution in [-0.4, -0.2) is 71.2 Å². The van der Waals surface area contributed by atoms with E-state index in [1.165, 1.54) is 4.90 Å². The van der Waals surface area contributed by atoms with Crippen LogP contribution in [0.3, 0.4) is 0 Å². The van der Waals surface area contributed by atoms with Crippen molar-refractivity contribution in [2.45, 2.75) is 78.0 Å². The number of likely N-dealkylation sites (tertiary alicyclic amines) is 1. The molecule has 2 amide bonds. The Hall–Kier alpha value is -3.12. The van der Waals surface area contributed by atoms with Crippen molar-refractivity contribution >= 4 is 23.9 Å². The van der Waals surface area contributed by atoms with Crippen LogP contribution < -0.4 is 16.4 Å². The number of nitro groups is 1. The van der Waals surface area contributed by atoms with E-state index in [0.717, 1.165) is 6.42 Å². The summed E-state index contributed by atoms with van der Waals surface area (Å²) in [6.45, 7) is 9.55. The molecule has 0 aromatic carbocycles. The molecule has 33 heavy (non-hydrogen) atoms. The van der Waals surface area contributed by atoms with Gasteiger partial charge in [0.05, 0.1) is 6.61 Å². The summed E-state index contributed by atoms with van der Waals surface area (Å²) in [5, 5.41) is 17.5. The highest BCUT2D eigenvalue weighted by molar-refractivity contribution is 5.90.